The lowest BCUT2D eigenvalue weighted by atomic mass is 9.97. The van der Waals surface area contributed by atoms with Crippen LogP contribution in [0.25, 0.3) is 0 Å². The zero-order valence-electron chi connectivity index (χ0n) is 18.5. The maximum atomic E-state index is 12.6. The van der Waals surface area contributed by atoms with E-state index < -0.39 is 0 Å². The molecule has 2 fully saturated rings. The predicted octanol–water partition coefficient (Wildman–Crippen LogP) is 3.82. The van der Waals surface area contributed by atoms with Crippen LogP contribution in [0.3, 0.4) is 0 Å². The third-order valence-corrected chi connectivity index (χ3v) is 5.96. The summed E-state index contributed by atoms with van der Waals surface area (Å²) < 4.78 is 6.29. The van der Waals surface area contributed by atoms with Crippen molar-refractivity contribution in [1.29, 1.82) is 0 Å². The molecule has 0 atom stereocenters. The molecule has 1 aromatic carbocycles. The lowest BCUT2D eigenvalue weighted by Gasteiger charge is -2.34. The molecule has 0 unspecified atom stereocenters. The molecule has 6 heteroatoms. The van der Waals surface area contributed by atoms with Crippen LogP contribution < -0.4 is 10.6 Å². The number of piperidine rings is 1. The van der Waals surface area contributed by atoms with Crippen LogP contribution in [0, 0.1) is 5.92 Å². The van der Waals surface area contributed by atoms with Gasteiger partial charge < -0.3 is 15.4 Å². The van der Waals surface area contributed by atoms with Crippen molar-refractivity contribution in [1.82, 2.24) is 10.2 Å². The largest absolute Gasteiger partial charge is 0.375 e. The van der Waals surface area contributed by atoms with Crippen LogP contribution in [-0.2, 0) is 9.53 Å². The second-order valence-corrected chi connectivity index (χ2v) is 9.07. The van der Waals surface area contributed by atoms with E-state index in [1.165, 1.54) is 32.1 Å². The zero-order chi connectivity index (χ0) is 21.3. The molecule has 6 nitrogen and oxygen atoms in total. The molecule has 0 spiro atoms. The van der Waals surface area contributed by atoms with Gasteiger partial charge in [-0.25, -0.2) is 0 Å². The number of likely N-dealkylation sites (tertiary alicyclic amines) is 1. The quantitative estimate of drug-likeness (QED) is 0.677. The van der Waals surface area contributed by atoms with Crippen LogP contribution in [0.4, 0.5) is 5.69 Å². The van der Waals surface area contributed by atoms with E-state index in [4.69, 9.17) is 4.74 Å². The summed E-state index contributed by atoms with van der Waals surface area (Å²) in [6, 6.07) is 7.19. The minimum atomic E-state index is -0.153. The van der Waals surface area contributed by atoms with Crippen molar-refractivity contribution in [2.45, 2.75) is 71.0 Å². The number of hydrogen-bond acceptors (Lipinski definition) is 4. The highest BCUT2D eigenvalue weighted by Crippen LogP contribution is 2.24. The fraction of sp³-hybridized carbons (Fsp3) is 0.667. The van der Waals surface area contributed by atoms with Crippen LogP contribution in [0.1, 0.15) is 69.2 Å². The van der Waals surface area contributed by atoms with E-state index in [2.05, 4.69) is 29.4 Å². The third-order valence-electron chi connectivity index (χ3n) is 5.96. The normalized spacial score (nSPS) is 19.0. The number of hydrogen-bond donors (Lipinski definition) is 2. The first-order valence-electron chi connectivity index (χ1n) is 11.6. The summed E-state index contributed by atoms with van der Waals surface area (Å²) in [5.41, 5.74) is 1.07. The summed E-state index contributed by atoms with van der Waals surface area (Å²) in [4.78, 5) is 27.2. The number of nitrogens with zero attached hydrogens (tertiary/aromatic N) is 1. The monoisotopic (exact) mass is 415 g/mol. The van der Waals surface area contributed by atoms with Gasteiger partial charge >= 0.3 is 0 Å². The Morgan fingerprint density at radius 3 is 2.40 bits per heavy atom. The molecule has 1 saturated carbocycles. The Hall–Kier alpha value is -1.92. The minimum Gasteiger partial charge on any atom is -0.375 e. The van der Waals surface area contributed by atoms with E-state index in [0.717, 1.165) is 25.9 Å². The summed E-state index contributed by atoms with van der Waals surface area (Å²) >= 11 is 0. The first kappa shape index (κ1) is 22.8. The average Bonchev–Trinajstić information content (AvgIpc) is 2.74. The van der Waals surface area contributed by atoms with Crippen molar-refractivity contribution in [2.24, 2.45) is 5.92 Å². The topological polar surface area (TPSA) is 70.7 Å². The average molecular weight is 416 g/mol. The Labute approximate surface area is 180 Å². The Kier molecular flexibility index (Phi) is 8.70. The van der Waals surface area contributed by atoms with E-state index in [0.29, 0.717) is 42.5 Å². The smallest absolute Gasteiger partial charge is 0.253 e. The first-order valence-corrected chi connectivity index (χ1v) is 11.6. The number of rotatable bonds is 8. The minimum absolute atomic E-state index is 0.0780. The van der Waals surface area contributed by atoms with Gasteiger partial charge in [0, 0.05) is 19.6 Å². The highest BCUT2D eigenvalue weighted by Gasteiger charge is 2.25. The molecule has 166 valence electrons. The molecule has 2 N–H and O–H groups in total. The number of para-hydroxylation sites is 1. The Morgan fingerprint density at radius 2 is 1.70 bits per heavy atom. The summed E-state index contributed by atoms with van der Waals surface area (Å²) in [5, 5.41) is 5.85. The maximum absolute atomic E-state index is 12.6. The van der Waals surface area contributed by atoms with Crippen molar-refractivity contribution in [3.05, 3.63) is 29.8 Å². The molecule has 30 heavy (non-hydrogen) atoms. The van der Waals surface area contributed by atoms with Gasteiger partial charge in [-0.3, -0.25) is 14.5 Å². The van der Waals surface area contributed by atoms with Gasteiger partial charge in [-0.15, -0.1) is 0 Å². The SMILES string of the molecule is CC(C)CNC(=O)c1ccccc1NC(=O)CN1CCC(OC2CCCCC2)CC1. The Morgan fingerprint density at radius 1 is 1.03 bits per heavy atom. The second-order valence-electron chi connectivity index (χ2n) is 9.07. The van der Waals surface area contributed by atoms with Gasteiger partial charge in [-0.1, -0.05) is 45.2 Å². The highest BCUT2D eigenvalue weighted by molar-refractivity contribution is 6.04. The molecule has 0 radical (unpaired) electrons. The van der Waals surface area contributed by atoms with Crippen LogP contribution in [0.5, 0.6) is 0 Å². The van der Waals surface area contributed by atoms with E-state index in [1.807, 2.05) is 12.1 Å². The number of benzene rings is 1. The van der Waals surface area contributed by atoms with Gasteiger partial charge in [0.2, 0.25) is 5.91 Å². The van der Waals surface area contributed by atoms with Gasteiger partial charge in [0.05, 0.1) is 30.0 Å². The van der Waals surface area contributed by atoms with Gasteiger partial charge in [-0.05, 0) is 43.7 Å². The summed E-state index contributed by atoms with van der Waals surface area (Å²) in [6.07, 6.45) is 9.07. The standard InChI is InChI=1S/C24H37N3O3/c1-18(2)16-25-24(29)21-10-6-7-11-22(21)26-23(28)17-27-14-12-20(13-15-27)30-19-8-4-3-5-9-19/h6-7,10-11,18-20H,3-5,8-9,12-17H2,1-2H3,(H,25,29)(H,26,28). The van der Waals surface area contributed by atoms with Crippen LogP contribution in [0.2, 0.25) is 0 Å². The maximum Gasteiger partial charge on any atom is 0.253 e. The van der Waals surface area contributed by atoms with Crippen molar-refractivity contribution in [2.75, 3.05) is 31.5 Å². The lowest BCUT2D eigenvalue weighted by molar-refractivity contribution is -0.118. The van der Waals surface area contributed by atoms with E-state index >= 15 is 0 Å². The van der Waals surface area contributed by atoms with E-state index in [1.54, 1.807) is 12.1 Å². The molecule has 2 amide bonds. The Bertz CT molecular complexity index is 693. The predicted molar refractivity (Wildman–Crippen MR) is 120 cm³/mol. The molecule has 1 heterocycles. The second kappa shape index (κ2) is 11.5. The first-order chi connectivity index (χ1) is 14.5. The van der Waals surface area contributed by atoms with Crippen LogP contribution >= 0.6 is 0 Å². The van der Waals surface area contributed by atoms with Gasteiger partial charge in [0.1, 0.15) is 0 Å². The highest BCUT2D eigenvalue weighted by atomic mass is 16.5. The number of anilines is 1. The van der Waals surface area contributed by atoms with Gasteiger partial charge in [0.25, 0.3) is 5.91 Å². The molecule has 0 aromatic heterocycles. The van der Waals surface area contributed by atoms with Crippen LogP contribution in [-0.4, -0.2) is 55.1 Å². The molecule has 0 bridgehead atoms. The molecule has 1 saturated heterocycles. The summed E-state index contributed by atoms with van der Waals surface area (Å²) in [6.45, 7) is 6.81. The number of carbonyl (C=O) groups is 2. The van der Waals surface area contributed by atoms with Crippen molar-refractivity contribution >= 4 is 17.5 Å². The van der Waals surface area contributed by atoms with Gasteiger partial charge in [-0.2, -0.15) is 0 Å². The molecule has 1 aromatic rings. The van der Waals surface area contributed by atoms with Crippen molar-refractivity contribution < 1.29 is 14.3 Å². The van der Waals surface area contributed by atoms with Crippen molar-refractivity contribution in [3.63, 3.8) is 0 Å². The van der Waals surface area contributed by atoms with Crippen molar-refractivity contribution in [3.8, 4) is 0 Å². The number of amides is 2. The molecule has 3 rings (SSSR count). The zero-order valence-corrected chi connectivity index (χ0v) is 18.5. The van der Waals surface area contributed by atoms with E-state index in [-0.39, 0.29) is 11.8 Å². The Balaban J connectivity index is 1.44. The molecular formula is C24H37N3O3. The van der Waals surface area contributed by atoms with E-state index in [9.17, 15) is 9.59 Å². The molecule has 2 aliphatic rings. The molecule has 1 aliphatic heterocycles. The summed E-state index contributed by atoms with van der Waals surface area (Å²) in [7, 11) is 0. The number of nitrogens with one attached hydrogen (secondary N) is 2. The van der Waals surface area contributed by atoms with Gasteiger partial charge in [0.15, 0.2) is 0 Å². The fourth-order valence-electron chi connectivity index (χ4n) is 4.25. The number of carbonyl (C=O) groups excluding carboxylic acids is 2. The molecular weight excluding hydrogens is 378 g/mol. The molecule has 1 aliphatic carbocycles. The summed E-state index contributed by atoms with van der Waals surface area (Å²) in [5.74, 6) is 0.145. The third kappa shape index (κ3) is 7.10. The fourth-order valence-corrected chi connectivity index (χ4v) is 4.25. The lowest BCUT2D eigenvalue weighted by Crippen LogP contribution is -2.42. The number of ether oxygens (including phenoxy) is 1. The van der Waals surface area contributed by atoms with Crippen LogP contribution in [0.15, 0.2) is 24.3 Å².